The van der Waals surface area contributed by atoms with E-state index in [2.05, 4.69) is 10.1 Å². The van der Waals surface area contributed by atoms with E-state index in [1.807, 2.05) is 0 Å². The molecule has 0 bridgehead atoms. The Labute approximate surface area is 101 Å². The number of aliphatic carboxylic acids is 1. The molecule has 2 N–H and O–H groups in total. The first-order valence-corrected chi connectivity index (χ1v) is 5.06. The highest BCUT2D eigenvalue weighted by atomic mass is 19.1. The second-order valence-corrected chi connectivity index (χ2v) is 3.77. The van der Waals surface area contributed by atoms with Crippen LogP contribution in [0.4, 0.5) is 4.39 Å². The van der Waals surface area contributed by atoms with Gasteiger partial charge in [0.15, 0.2) is 0 Å². The summed E-state index contributed by atoms with van der Waals surface area (Å²) in [5, 5.41) is 23.1. The van der Waals surface area contributed by atoms with Gasteiger partial charge in [0.2, 0.25) is 5.60 Å². The number of carboxylic acids is 1. The molecule has 0 aliphatic heterocycles. The quantitative estimate of drug-likeness (QED) is 0.820. The zero-order chi connectivity index (χ0) is 13.2. The SMILES string of the molecule is O=C(O)C(O)(Cn1cncn1)c1ccc(F)cc1. The van der Waals surface area contributed by atoms with E-state index in [0.717, 1.165) is 12.1 Å². The van der Waals surface area contributed by atoms with Crippen LogP contribution in [0.3, 0.4) is 0 Å². The lowest BCUT2D eigenvalue weighted by molar-refractivity contribution is -0.161. The first kappa shape index (κ1) is 12.2. The Bertz CT molecular complexity index is 541. The van der Waals surface area contributed by atoms with Crippen molar-refractivity contribution in [3.8, 4) is 0 Å². The molecule has 7 heteroatoms. The molecule has 1 aromatic carbocycles. The third-order valence-electron chi connectivity index (χ3n) is 2.53. The first-order chi connectivity index (χ1) is 8.52. The van der Waals surface area contributed by atoms with Gasteiger partial charge in [-0.05, 0) is 17.7 Å². The van der Waals surface area contributed by atoms with Crippen molar-refractivity contribution in [3.63, 3.8) is 0 Å². The Hall–Kier alpha value is -2.28. The van der Waals surface area contributed by atoms with Gasteiger partial charge in [0.05, 0.1) is 6.54 Å². The molecule has 0 saturated heterocycles. The summed E-state index contributed by atoms with van der Waals surface area (Å²) in [6.07, 6.45) is 2.52. The summed E-state index contributed by atoms with van der Waals surface area (Å²) in [5.74, 6) is -1.95. The number of aliphatic hydroxyl groups is 1. The Morgan fingerprint density at radius 2 is 2.06 bits per heavy atom. The molecule has 0 aliphatic rings. The number of rotatable bonds is 4. The van der Waals surface area contributed by atoms with E-state index in [-0.39, 0.29) is 12.1 Å². The third-order valence-corrected chi connectivity index (χ3v) is 2.53. The highest BCUT2D eigenvalue weighted by Crippen LogP contribution is 2.23. The summed E-state index contributed by atoms with van der Waals surface area (Å²) in [7, 11) is 0. The molecular weight excluding hydrogens is 241 g/mol. The van der Waals surface area contributed by atoms with Crippen molar-refractivity contribution in [3.05, 3.63) is 48.3 Å². The van der Waals surface area contributed by atoms with Crippen molar-refractivity contribution >= 4 is 5.97 Å². The summed E-state index contributed by atoms with van der Waals surface area (Å²) in [5.41, 5.74) is -2.10. The average molecular weight is 251 g/mol. The van der Waals surface area contributed by atoms with Crippen molar-refractivity contribution in [2.24, 2.45) is 0 Å². The van der Waals surface area contributed by atoms with E-state index in [1.165, 1.54) is 29.5 Å². The number of nitrogens with zero attached hydrogens (tertiary/aromatic N) is 3. The molecule has 1 aromatic heterocycles. The van der Waals surface area contributed by atoms with E-state index in [4.69, 9.17) is 5.11 Å². The lowest BCUT2D eigenvalue weighted by Crippen LogP contribution is -2.40. The highest BCUT2D eigenvalue weighted by Gasteiger charge is 2.39. The number of benzene rings is 1. The Morgan fingerprint density at radius 1 is 1.39 bits per heavy atom. The summed E-state index contributed by atoms with van der Waals surface area (Å²) >= 11 is 0. The van der Waals surface area contributed by atoms with Crippen LogP contribution in [-0.2, 0) is 16.9 Å². The molecule has 0 spiro atoms. The van der Waals surface area contributed by atoms with Crippen molar-refractivity contribution in [1.82, 2.24) is 14.8 Å². The molecule has 0 aliphatic carbocycles. The number of aromatic nitrogens is 3. The maximum absolute atomic E-state index is 12.8. The summed E-state index contributed by atoms with van der Waals surface area (Å²) in [4.78, 5) is 14.9. The van der Waals surface area contributed by atoms with Gasteiger partial charge >= 0.3 is 5.97 Å². The first-order valence-electron chi connectivity index (χ1n) is 5.06. The van der Waals surface area contributed by atoms with Gasteiger partial charge in [0.1, 0.15) is 18.5 Å². The smallest absolute Gasteiger partial charge is 0.342 e. The topological polar surface area (TPSA) is 88.2 Å². The largest absolute Gasteiger partial charge is 0.479 e. The Morgan fingerprint density at radius 3 is 2.56 bits per heavy atom. The van der Waals surface area contributed by atoms with Gasteiger partial charge in [-0.2, -0.15) is 5.10 Å². The minimum atomic E-state index is -2.18. The van der Waals surface area contributed by atoms with E-state index >= 15 is 0 Å². The number of carbonyl (C=O) groups is 1. The van der Waals surface area contributed by atoms with Gasteiger partial charge in [-0.3, -0.25) is 0 Å². The molecule has 0 fully saturated rings. The van der Waals surface area contributed by atoms with Crippen LogP contribution in [0.25, 0.3) is 0 Å². The summed E-state index contributed by atoms with van der Waals surface area (Å²) < 4.78 is 14.0. The monoisotopic (exact) mass is 251 g/mol. The fraction of sp³-hybridized carbons (Fsp3) is 0.182. The molecule has 1 atom stereocenters. The number of hydrogen-bond donors (Lipinski definition) is 2. The van der Waals surface area contributed by atoms with Crippen LogP contribution in [0.5, 0.6) is 0 Å². The van der Waals surface area contributed by atoms with Crippen LogP contribution >= 0.6 is 0 Å². The lowest BCUT2D eigenvalue weighted by atomic mass is 9.94. The van der Waals surface area contributed by atoms with Crippen molar-refractivity contribution < 1.29 is 19.4 Å². The van der Waals surface area contributed by atoms with Crippen LogP contribution in [0.15, 0.2) is 36.9 Å². The van der Waals surface area contributed by atoms with Gasteiger partial charge in [-0.15, -0.1) is 0 Å². The molecule has 94 valence electrons. The molecule has 1 heterocycles. The highest BCUT2D eigenvalue weighted by molar-refractivity contribution is 5.79. The normalized spacial score (nSPS) is 14.1. The third kappa shape index (κ3) is 2.21. The Kier molecular flexibility index (Phi) is 3.07. The van der Waals surface area contributed by atoms with Crippen LogP contribution in [0, 0.1) is 5.82 Å². The lowest BCUT2D eigenvalue weighted by Gasteiger charge is -2.23. The average Bonchev–Trinajstić information content (AvgIpc) is 2.82. The van der Waals surface area contributed by atoms with Gasteiger partial charge < -0.3 is 10.2 Å². The van der Waals surface area contributed by atoms with Crippen LogP contribution in [0.1, 0.15) is 5.56 Å². The van der Waals surface area contributed by atoms with Crippen molar-refractivity contribution in [2.75, 3.05) is 0 Å². The molecule has 2 rings (SSSR count). The van der Waals surface area contributed by atoms with E-state index < -0.39 is 17.4 Å². The Balaban J connectivity index is 2.37. The van der Waals surface area contributed by atoms with E-state index in [1.54, 1.807) is 0 Å². The summed E-state index contributed by atoms with van der Waals surface area (Å²) in [6.45, 7) is -0.312. The minimum Gasteiger partial charge on any atom is -0.479 e. The van der Waals surface area contributed by atoms with E-state index in [0.29, 0.717) is 0 Å². The zero-order valence-electron chi connectivity index (χ0n) is 9.19. The zero-order valence-corrected chi connectivity index (χ0v) is 9.19. The number of hydrogen-bond acceptors (Lipinski definition) is 4. The fourth-order valence-electron chi connectivity index (χ4n) is 1.56. The van der Waals surface area contributed by atoms with E-state index in [9.17, 15) is 14.3 Å². The van der Waals surface area contributed by atoms with Crippen LogP contribution in [0.2, 0.25) is 0 Å². The standard InChI is InChI=1S/C11H10FN3O3/c12-9-3-1-8(2-4-9)11(18,10(16)17)5-15-7-13-6-14-15/h1-4,6-7,18H,5H2,(H,16,17). The molecular formula is C11H10FN3O3. The molecule has 2 aromatic rings. The van der Waals surface area contributed by atoms with Crippen molar-refractivity contribution in [2.45, 2.75) is 12.1 Å². The second kappa shape index (κ2) is 4.53. The predicted molar refractivity (Wildman–Crippen MR) is 58.0 cm³/mol. The van der Waals surface area contributed by atoms with Crippen LogP contribution < -0.4 is 0 Å². The van der Waals surface area contributed by atoms with Crippen LogP contribution in [-0.4, -0.2) is 30.9 Å². The summed E-state index contributed by atoms with van der Waals surface area (Å²) in [6, 6.07) is 4.62. The van der Waals surface area contributed by atoms with Gasteiger partial charge in [0.25, 0.3) is 0 Å². The molecule has 6 nitrogen and oxygen atoms in total. The minimum absolute atomic E-state index is 0.0758. The molecule has 18 heavy (non-hydrogen) atoms. The van der Waals surface area contributed by atoms with Crippen molar-refractivity contribution in [1.29, 1.82) is 0 Å². The van der Waals surface area contributed by atoms with Gasteiger partial charge in [-0.1, -0.05) is 12.1 Å². The second-order valence-electron chi connectivity index (χ2n) is 3.77. The maximum atomic E-state index is 12.8. The number of halogens is 1. The molecule has 0 amide bonds. The number of carboxylic acid groups (broad SMARTS) is 1. The van der Waals surface area contributed by atoms with Gasteiger partial charge in [0, 0.05) is 0 Å². The molecule has 0 saturated carbocycles. The van der Waals surface area contributed by atoms with Gasteiger partial charge in [-0.25, -0.2) is 18.9 Å². The molecule has 0 radical (unpaired) electrons. The molecule has 1 unspecified atom stereocenters. The fourth-order valence-corrected chi connectivity index (χ4v) is 1.56. The predicted octanol–water partition coefficient (Wildman–Crippen LogP) is 0.390. The maximum Gasteiger partial charge on any atom is 0.342 e.